The monoisotopic (exact) mass is 344 g/mol. The van der Waals surface area contributed by atoms with Gasteiger partial charge in [-0.25, -0.2) is 10.1 Å². The molecule has 0 spiro atoms. The largest absolute Gasteiger partial charge is 0.502 e. The van der Waals surface area contributed by atoms with Crippen molar-refractivity contribution in [1.82, 2.24) is 14.6 Å². The highest BCUT2D eigenvalue weighted by Crippen LogP contribution is 2.41. The van der Waals surface area contributed by atoms with Crippen LogP contribution in [-0.2, 0) is 0 Å². The van der Waals surface area contributed by atoms with Gasteiger partial charge in [-0.05, 0) is 14.8 Å². The SMILES string of the molecule is O=[N+]([O-])c1nc2nc([N+](=O)[O-])n([N+](=O)[O-])c2c([N+](=O)[O-])c1[N+](=O)[O-]. The van der Waals surface area contributed by atoms with E-state index in [-0.39, 0.29) is 0 Å². The highest BCUT2D eigenvalue weighted by atomic mass is 16.7. The summed E-state index contributed by atoms with van der Waals surface area (Å²) in [7, 11) is 0. The predicted octanol–water partition coefficient (Wildman–Crippen LogP) is 0.104. The zero-order valence-electron chi connectivity index (χ0n) is 10.7. The molecule has 0 saturated heterocycles. The smallest absolute Gasteiger partial charge is 0.390 e. The maximum absolute atomic E-state index is 11.1. The fourth-order valence-corrected chi connectivity index (χ4v) is 1.79. The summed E-state index contributed by atoms with van der Waals surface area (Å²) in [5, 5.41) is 53.1. The topological polar surface area (TPSA) is 246 Å². The van der Waals surface area contributed by atoms with Gasteiger partial charge in [-0.1, -0.05) is 0 Å². The summed E-state index contributed by atoms with van der Waals surface area (Å²) >= 11 is 0. The Morgan fingerprint density at radius 1 is 0.708 bits per heavy atom. The van der Waals surface area contributed by atoms with Crippen LogP contribution in [-0.4, -0.2) is 39.4 Å². The van der Waals surface area contributed by atoms with Gasteiger partial charge in [0.15, 0.2) is 0 Å². The molecule has 0 aliphatic heterocycles. The van der Waals surface area contributed by atoms with Gasteiger partial charge in [0.25, 0.3) is 0 Å². The zero-order valence-corrected chi connectivity index (χ0v) is 10.7. The molecule has 18 heteroatoms. The summed E-state index contributed by atoms with van der Waals surface area (Å²) in [5.74, 6) is -3.21. The Bertz CT molecular complexity index is 960. The predicted molar refractivity (Wildman–Crippen MR) is 66.5 cm³/mol. The van der Waals surface area contributed by atoms with E-state index >= 15 is 0 Å². The summed E-state index contributed by atoms with van der Waals surface area (Å²) in [6.07, 6.45) is 0. The zero-order chi connectivity index (χ0) is 18.3. The van der Waals surface area contributed by atoms with Crippen molar-refractivity contribution < 1.29 is 24.7 Å². The lowest BCUT2D eigenvalue weighted by Gasteiger charge is -1.96. The molecule has 24 heavy (non-hydrogen) atoms. The first-order valence-electron chi connectivity index (χ1n) is 5.26. The van der Waals surface area contributed by atoms with Gasteiger partial charge in [0.05, 0.1) is 14.5 Å². The van der Waals surface area contributed by atoms with Gasteiger partial charge in [-0.2, -0.15) is 0 Å². The maximum atomic E-state index is 11.1. The third-order valence-corrected chi connectivity index (χ3v) is 2.56. The molecule has 0 unspecified atom stereocenters. The average molecular weight is 344 g/mol. The van der Waals surface area contributed by atoms with Crippen molar-refractivity contribution in [2.75, 3.05) is 0 Å². The van der Waals surface area contributed by atoms with Crippen LogP contribution < -0.4 is 0 Å². The van der Waals surface area contributed by atoms with Crippen LogP contribution in [0.2, 0.25) is 0 Å². The Morgan fingerprint density at radius 3 is 1.62 bits per heavy atom. The number of nitrogens with zero attached hydrogens (tertiary/aromatic N) is 8. The summed E-state index contributed by atoms with van der Waals surface area (Å²) < 4.78 is -0.517. The molecule has 124 valence electrons. The molecule has 0 aromatic carbocycles. The Labute approximate surface area is 125 Å². The van der Waals surface area contributed by atoms with Crippen molar-refractivity contribution in [3.8, 4) is 0 Å². The Morgan fingerprint density at radius 2 is 1.25 bits per heavy atom. The van der Waals surface area contributed by atoms with Gasteiger partial charge >= 0.3 is 34.3 Å². The molecule has 0 aliphatic carbocycles. The van der Waals surface area contributed by atoms with Crippen molar-refractivity contribution in [3.63, 3.8) is 0 Å². The van der Waals surface area contributed by atoms with Crippen LogP contribution in [0.15, 0.2) is 0 Å². The highest BCUT2D eigenvalue weighted by molar-refractivity contribution is 5.91. The molecule has 0 amide bonds. The first kappa shape index (κ1) is 16.0. The van der Waals surface area contributed by atoms with Crippen molar-refractivity contribution in [2.24, 2.45) is 0 Å². The molecule has 0 fully saturated rings. The molecule has 0 radical (unpaired) electrons. The summed E-state index contributed by atoms with van der Waals surface area (Å²) in [6.45, 7) is 0. The van der Waals surface area contributed by atoms with E-state index in [0.717, 1.165) is 0 Å². The van der Waals surface area contributed by atoms with E-state index in [4.69, 9.17) is 0 Å². The Hall–Kier alpha value is -4.38. The lowest BCUT2D eigenvalue weighted by Crippen LogP contribution is -2.13. The first-order chi connectivity index (χ1) is 11.1. The molecule has 2 heterocycles. The molecular weight excluding hydrogens is 344 g/mol. The van der Waals surface area contributed by atoms with Crippen molar-refractivity contribution >= 4 is 34.3 Å². The molecule has 0 N–H and O–H groups in total. The average Bonchev–Trinajstić information content (AvgIpc) is 2.83. The second-order valence-electron chi connectivity index (χ2n) is 3.79. The van der Waals surface area contributed by atoms with E-state index in [0.29, 0.717) is 0 Å². The number of rotatable bonds is 5. The van der Waals surface area contributed by atoms with Gasteiger partial charge in [-0.15, -0.1) is 0 Å². The molecule has 18 nitrogen and oxygen atoms in total. The van der Waals surface area contributed by atoms with E-state index in [9.17, 15) is 50.6 Å². The van der Waals surface area contributed by atoms with Crippen LogP contribution in [0.25, 0.3) is 11.2 Å². The summed E-state index contributed by atoms with van der Waals surface area (Å²) in [6, 6.07) is 0. The standard InChI is InChI=1S/C6N8O10/c15-10(16)1-2-4(7-5(12(19)20)3(1)11(17)18)8-6(13(21)22)9(2)14(23)24. The summed E-state index contributed by atoms with van der Waals surface area (Å²) in [4.78, 5) is 54.6. The van der Waals surface area contributed by atoms with Gasteiger partial charge in [0, 0.05) is 4.98 Å². The minimum atomic E-state index is -1.77. The van der Waals surface area contributed by atoms with Gasteiger partial charge in [0.2, 0.25) is 5.03 Å². The number of fused-ring (bicyclic) bond motifs is 1. The van der Waals surface area contributed by atoms with Gasteiger partial charge in [0.1, 0.15) is 0 Å². The van der Waals surface area contributed by atoms with E-state index in [1.807, 2.05) is 0 Å². The fraction of sp³-hybridized carbons (Fsp3) is 0. The number of hydrogen-bond donors (Lipinski definition) is 0. The molecule has 0 saturated carbocycles. The van der Waals surface area contributed by atoms with Crippen LogP contribution in [0.1, 0.15) is 0 Å². The van der Waals surface area contributed by atoms with Crippen LogP contribution in [0.5, 0.6) is 0 Å². The lowest BCUT2D eigenvalue weighted by molar-refractivity contribution is -0.557. The molecule has 0 aliphatic rings. The van der Waals surface area contributed by atoms with E-state index in [2.05, 4.69) is 9.97 Å². The minimum Gasteiger partial charge on any atom is -0.390 e. The van der Waals surface area contributed by atoms with E-state index in [1.54, 1.807) is 0 Å². The van der Waals surface area contributed by atoms with Crippen LogP contribution in [0.4, 0.5) is 23.1 Å². The molecule has 0 atom stereocenters. The number of nitro groups is 5. The second-order valence-corrected chi connectivity index (χ2v) is 3.79. The van der Waals surface area contributed by atoms with Gasteiger partial charge < -0.3 is 20.2 Å². The quantitative estimate of drug-likeness (QED) is 0.517. The van der Waals surface area contributed by atoms with Crippen LogP contribution in [0.3, 0.4) is 0 Å². The lowest BCUT2D eigenvalue weighted by atomic mass is 10.3. The second kappa shape index (κ2) is 5.11. The van der Waals surface area contributed by atoms with Crippen molar-refractivity contribution in [2.45, 2.75) is 0 Å². The molecular formula is C6N8O10. The Balaban J connectivity index is 3.21. The molecule has 2 aromatic rings. The number of aromatic nitrogens is 3. The molecule has 2 aromatic heterocycles. The van der Waals surface area contributed by atoms with Crippen molar-refractivity contribution in [3.05, 3.63) is 50.6 Å². The van der Waals surface area contributed by atoms with Crippen LogP contribution in [0, 0.1) is 50.6 Å². The third kappa shape index (κ3) is 2.15. The first-order valence-corrected chi connectivity index (χ1v) is 5.26. The fourth-order valence-electron chi connectivity index (χ4n) is 1.79. The van der Waals surface area contributed by atoms with Crippen molar-refractivity contribution in [1.29, 1.82) is 0 Å². The van der Waals surface area contributed by atoms with E-state index < -0.39 is 63.7 Å². The number of imidazole rings is 1. The minimum absolute atomic E-state index is 0.517. The third-order valence-electron chi connectivity index (χ3n) is 2.56. The molecule has 2 rings (SSSR count). The van der Waals surface area contributed by atoms with E-state index in [1.165, 1.54) is 0 Å². The maximum Gasteiger partial charge on any atom is 0.502 e. The summed E-state index contributed by atoms with van der Waals surface area (Å²) in [5.41, 5.74) is -5.94. The van der Waals surface area contributed by atoms with Gasteiger partial charge in [-0.3, -0.25) is 20.2 Å². The van der Waals surface area contributed by atoms with Crippen LogP contribution >= 0.6 is 0 Å². The Kier molecular flexibility index (Phi) is 3.41. The molecule has 0 bridgehead atoms. The normalized spacial score (nSPS) is 10.5. The highest BCUT2D eigenvalue weighted by Gasteiger charge is 2.50. The number of pyridine rings is 1. The number of hydrogen-bond acceptors (Lipinski definition) is 12.